The zero-order valence-corrected chi connectivity index (χ0v) is 15.6. The van der Waals surface area contributed by atoms with Crippen molar-refractivity contribution < 1.29 is 13.2 Å². The summed E-state index contributed by atoms with van der Waals surface area (Å²) in [6.45, 7) is 4.24. The van der Waals surface area contributed by atoms with Gasteiger partial charge in [-0.15, -0.1) is 11.3 Å². The Morgan fingerprint density at radius 3 is 2.54 bits per heavy atom. The number of aromatic nitrogens is 1. The number of hydrogen-bond donors (Lipinski definition) is 2. The number of alkyl halides is 3. The van der Waals surface area contributed by atoms with Gasteiger partial charge < -0.3 is 5.73 Å². The summed E-state index contributed by atoms with van der Waals surface area (Å²) >= 11 is 1.78. The lowest BCUT2D eigenvalue weighted by atomic mass is 10.0. The van der Waals surface area contributed by atoms with Gasteiger partial charge in [0.15, 0.2) is 0 Å². The molecule has 0 fully saturated rings. The van der Waals surface area contributed by atoms with Crippen molar-refractivity contribution in [1.82, 2.24) is 4.98 Å². The van der Waals surface area contributed by atoms with Gasteiger partial charge in [-0.3, -0.25) is 10.4 Å². The summed E-state index contributed by atoms with van der Waals surface area (Å²) in [7, 11) is 0. The number of hydrogen-bond acceptors (Lipinski definition) is 4. The molecule has 2 aromatic heterocycles. The SMILES string of the molecule is CCCc1cc(-c2ccnc(C(=N)C=C(N)C(F)(F)F)c2)c(CCC)s1. The largest absolute Gasteiger partial charge is 0.430 e. The number of halogens is 3. The van der Waals surface area contributed by atoms with Crippen LogP contribution < -0.4 is 5.73 Å². The Morgan fingerprint density at radius 2 is 1.92 bits per heavy atom. The highest BCUT2D eigenvalue weighted by Gasteiger charge is 2.31. The number of nitrogens with one attached hydrogen (secondary N) is 1. The van der Waals surface area contributed by atoms with Gasteiger partial charge in [-0.05, 0) is 48.2 Å². The van der Waals surface area contributed by atoms with Gasteiger partial charge in [-0.25, -0.2) is 0 Å². The minimum absolute atomic E-state index is 0.167. The summed E-state index contributed by atoms with van der Waals surface area (Å²) in [6, 6.07) is 5.62. The molecule has 0 spiro atoms. The first kappa shape index (κ1) is 20.2. The van der Waals surface area contributed by atoms with E-state index in [1.165, 1.54) is 16.0 Å². The first-order valence-corrected chi connectivity index (χ1v) is 9.29. The molecular weight excluding hydrogens is 359 g/mol. The van der Waals surface area contributed by atoms with Crippen LogP contribution in [0.1, 0.15) is 42.1 Å². The summed E-state index contributed by atoms with van der Waals surface area (Å²) < 4.78 is 37.7. The van der Waals surface area contributed by atoms with E-state index in [2.05, 4.69) is 24.9 Å². The fourth-order valence-electron chi connectivity index (χ4n) is 2.57. The molecule has 7 heteroatoms. The lowest BCUT2D eigenvalue weighted by Crippen LogP contribution is -2.20. The van der Waals surface area contributed by atoms with E-state index in [4.69, 9.17) is 11.1 Å². The molecule has 0 radical (unpaired) electrons. The molecule has 2 aromatic rings. The molecule has 26 heavy (non-hydrogen) atoms. The van der Waals surface area contributed by atoms with E-state index in [-0.39, 0.29) is 11.4 Å². The first-order valence-electron chi connectivity index (χ1n) is 8.47. The van der Waals surface area contributed by atoms with Crippen LogP contribution in [0.25, 0.3) is 11.1 Å². The molecule has 0 saturated heterocycles. The van der Waals surface area contributed by atoms with E-state index in [0.717, 1.165) is 36.8 Å². The van der Waals surface area contributed by atoms with Gasteiger partial charge in [0.2, 0.25) is 0 Å². The number of nitrogens with zero attached hydrogens (tertiary/aromatic N) is 1. The minimum Gasteiger partial charge on any atom is -0.395 e. The lowest BCUT2D eigenvalue weighted by molar-refractivity contribution is -0.0925. The summed E-state index contributed by atoms with van der Waals surface area (Å²) in [6.07, 6.45) is 1.48. The molecule has 140 valence electrons. The Morgan fingerprint density at radius 1 is 1.23 bits per heavy atom. The summed E-state index contributed by atoms with van der Waals surface area (Å²) in [5.74, 6) is 0. The fraction of sp³-hybridized carbons (Fsp3) is 0.368. The van der Waals surface area contributed by atoms with Crippen LogP contribution in [0.2, 0.25) is 0 Å². The predicted octanol–water partition coefficient (Wildman–Crippen LogP) is 5.49. The minimum atomic E-state index is -4.65. The molecule has 3 nitrogen and oxygen atoms in total. The Bertz CT molecular complexity index is 807. The average molecular weight is 381 g/mol. The maximum atomic E-state index is 12.6. The third kappa shape index (κ3) is 4.94. The van der Waals surface area contributed by atoms with Crippen LogP contribution in [-0.4, -0.2) is 16.9 Å². The van der Waals surface area contributed by atoms with Gasteiger partial charge in [-0.2, -0.15) is 13.2 Å². The maximum absolute atomic E-state index is 12.6. The number of allylic oxidation sites excluding steroid dienone is 2. The van der Waals surface area contributed by atoms with E-state index in [9.17, 15) is 13.2 Å². The summed E-state index contributed by atoms with van der Waals surface area (Å²) in [4.78, 5) is 6.58. The van der Waals surface area contributed by atoms with Crippen LogP contribution in [0, 0.1) is 5.41 Å². The molecule has 3 N–H and O–H groups in total. The fourth-order valence-corrected chi connectivity index (χ4v) is 3.96. The lowest BCUT2D eigenvalue weighted by Gasteiger charge is -2.08. The van der Waals surface area contributed by atoms with E-state index in [1.54, 1.807) is 17.4 Å². The van der Waals surface area contributed by atoms with E-state index >= 15 is 0 Å². The molecule has 0 bridgehead atoms. The second-order valence-electron chi connectivity index (χ2n) is 5.99. The maximum Gasteiger partial charge on any atom is 0.430 e. The number of rotatable bonds is 7. The van der Waals surface area contributed by atoms with Crippen LogP contribution >= 0.6 is 11.3 Å². The molecule has 0 unspecified atom stereocenters. The van der Waals surface area contributed by atoms with Crippen LogP contribution in [0.4, 0.5) is 13.2 Å². The van der Waals surface area contributed by atoms with E-state index < -0.39 is 11.9 Å². The van der Waals surface area contributed by atoms with E-state index in [0.29, 0.717) is 6.08 Å². The number of thiophene rings is 1. The average Bonchev–Trinajstić information content (AvgIpc) is 2.97. The van der Waals surface area contributed by atoms with E-state index in [1.807, 2.05) is 6.07 Å². The smallest absolute Gasteiger partial charge is 0.395 e. The third-order valence-electron chi connectivity index (χ3n) is 3.81. The Hall–Kier alpha value is -2.15. The molecular formula is C19H22F3N3S. The zero-order valence-electron chi connectivity index (χ0n) is 14.8. The Balaban J connectivity index is 2.39. The quantitative estimate of drug-likeness (QED) is 0.623. The van der Waals surface area contributed by atoms with Crippen molar-refractivity contribution in [1.29, 1.82) is 5.41 Å². The highest BCUT2D eigenvalue weighted by atomic mass is 32.1. The van der Waals surface area contributed by atoms with Crippen molar-refractivity contribution in [2.75, 3.05) is 0 Å². The highest BCUT2D eigenvalue weighted by Crippen LogP contribution is 2.33. The molecule has 0 aliphatic heterocycles. The third-order valence-corrected chi connectivity index (χ3v) is 5.06. The standard InChI is InChI=1S/C19H22F3N3S/c1-3-5-13-10-14(17(26-13)6-4-2)12-7-8-25-16(9-12)15(23)11-18(24)19(20,21)22/h7-11,23H,3-6,24H2,1-2H3. The van der Waals surface area contributed by atoms with Gasteiger partial charge in [0.25, 0.3) is 0 Å². The molecule has 0 aromatic carbocycles. The predicted molar refractivity (Wildman–Crippen MR) is 101 cm³/mol. The van der Waals surface area contributed by atoms with Crippen molar-refractivity contribution in [3.8, 4) is 11.1 Å². The topological polar surface area (TPSA) is 62.8 Å². The van der Waals surface area contributed by atoms with Crippen molar-refractivity contribution in [3.05, 3.63) is 51.6 Å². The second-order valence-corrected chi connectivity index (χ2v) is 7.21. The van der Waals surface area contributed by atoms with Crippen LogP contribution in [0.3, 0.4) is 0 Å². The summed E-state index contributed by atoms with van der Waals surface area (Å²) in [5, 5.41) is 7.89. The van der Waals surface area contributed by atoms with Gasteiger partial charge >= 0.3 is 6.18 Å². The Labute approximate surface area is 155 Å². The van der Waals surface area contributed by atoms with Crippen molar-refractivity contribution >= 4 is 17.0 Å². The summed E-state index contributed by atoms with van der Waals surface area (Å²) in [5.41, 5.74) is 5.45. The van der Waals surface area contributed by atoms with Crippen LogP contribution in [-0.2, 0) is 12.8 Å². The Kier molecular flexibility index (Phi) is 6.58. The molecule has 0 amide bonds. The first-order chi connectivity index (χ1) is 12.3. The second kappa shape index (κ2) is 8.49. The molecule has 0 saturated carbocycles. The highest BCUT2D eigenvalue weighted by molar-refractivity contribution is 7.12. The van der Waals surface area contributed by atoms with Gasteiger partial charge in [0.1, 0.15) is 5.70 Å². The van der Waals surface area contributed by atoms with Crippen LogP contribution in [0.15, 0.2) is 36.2 Å². The molecule has 2 heterocycles. The number of pyridine rings is 1. The molecule has 0 aliphatic rings. The normalized spacial score (nSPS) is 12.4. The number of aryl methyl sites for hydroxylation is 2. The zero-order chi connectivity index (χ0) is 19.3. The monoisotopic (exact) mass is 381 g/mol. The molecule has 0 aliphatic carbocycles. The van der Waals surface area contributed by atoms with Crippen molar-refractivity contribution in [2.24, 2.45) is 5.73 Å². The van der Waals surface area contributed by atoms with Crippen LogP contribution in [0.5, 0.6) is 0 Å². The molecule has 0 atom stereocenters. The van der Waals surface area contributed by atoms with Crippen molar-refractivity contribution in [3.63, 3.8) is 0 Å². The van der Waals surface area contributed by atoms with Gasteiger partial charge in [0, 0.05) is 16.0 Å². The van der Waals surface area contributed by atoms with Crippen molar-refractivity contribution in [2.45, 2.75) is 45.7 Å². The number of nitrogens with two attached hydrogens (primary N) is 1. The molecule has 2 rings (SSSR count). The van der Waals surface area contributed by atoms with Gasteiger partial charge in [0.05, 0.1) is 11.4 Å². The van der Waals surface area contributed by atoms with Gasteiger partial charge in [-0.1, -0.05) is 26.7 Å².